The second kappa shape index (κ2) is 9.60. The maximum Gasteiger partial charge on any atom is 0.0464 e. The van der Waals surface area contributed by atoms with Gasteiger partial charge in [0.1, 0.15) is 0 Å². The van der Waals surface area contributed by atoms with E-state index < -0.39 is 0 Å². The van der Waals surface area contributed by atoms with E-state index >= 15 is 0 Å². The average molecular weight is 540 g/mol. The Kier molecular flexibility index (Phi) is 5.69. The third-order valence-corrected chi connectivity index (χ3v) is 9.33. The van der Waals surface area contributed by atoms with Crippen molar-refractivity contribution in [3.05, 3.63) is 162 Å². The molecule has 0 amide bonds. The third kappa shape index (κ3) is 3.92. The summed E-state index contributed by atoms with van der Waals surface area (Å²) >= 11 is 0. The van der Waals surface area contributed by atoms with E-state index in [0.29, 0.717) is 0 Å². The van der Waals surface area contributed by atoms with Crippen LogP contribution in [0.2, 0.25) is 0 Å². The van der Waals surface area contributed by atoms with Gasteiger partial charge in [-0.1, -0.05) is 117 Å². The molecule has 0 radical (unpaired) electrons. The van der Waals surface area contributed by atoms with Crippen LogP contribution in [0, 0.1) is 0 Å². The lowest BCUT2D eigenvalue weighted by molar-refractivity contribution is 0.666. The highest BCUT2D eigenvalue weighted by Gasteiger charge is 2.36. The van der Waals surface area contributed by atoms with Crippen molar-refractivity contribution in [2.45, 2.75) is 32.1 Å². The second-order valence-electron chi connectivity index (χ2n) is 12.1. The largest absolute Gasteiger partial charge is 0.314 e. The van der Waals surface area contributed by atoms with E-state index in [0.717, 1.165) is 12.8 Å². The zero-order chi connectivity index (χ0) is 28.3. The van der Waals surface area contributed by atoms with Gasteiger partial charge in [-0.15, -0.1) is 0 Å². The summed E-state index contributed by atoms with van der Waals surface area (Å²) in [5.41, 5.74) is 12.0. The minimum Gasteiger partial charge on any atom is -0.314 e. The molecule has 0 spiro atoms. The normalized spacial score (nSPS) is 15.2. The van der Waals surface area contributed by atoms with Crippen molar-refractivity contribution in [3.63, 3.8) is 0 Å². The molecular weight excluding hydrogens is 506 g/mol. The van der Waals surface area contributed by atoms with Crippen molar-refractivity contribution in [1.29, 1.82) is 0 Å². The summed E-state index contributed by atoms with van der Waals surface area (Å²) in [5.74, 6) is 0. The Labute approximate surface area is 248 Å². The van der Waals surface area contributed by atoms with Gasteiger partial charge in [-0.3, -0.25) is 0 Å². The van der Waals surface area contributed by atoms with E-state index in [4.69, 9.17) is 0 Å². The smallest absolute Gasteiger partial charge is 0.0464 e. The zero-order valence-electron chi connectivity index (χ0n) is 24.1. The van der Waals surface area contributed by atoms with Gasteiger partial charge < -0.3 is 4.90 Å². The highest BCUT2D eigenvalue weighted by atomic mass is 15.1. The number of rotatable bonds is 4. The molecule has 0 aliphatic heterocycles. The van der Waals surface area contributed by atoms with Crippen LogP contribution in [0.3, 0.4) is 0 Å². The van der Waals surface area contributed by atoms with Crippen LogP contribution in [0.25, 0.3) is 38.2 Å². The van der Waals surface area contributed by atoms with E-state index in [2.05, 4.69) is 158 Å². The van der Waals surface area contributed by atoms with Crippen molar-refractivity contribution < 1.29 is 0 Å². The SMILES string of the molecule is CC1(C)c2ccccc2-c2ccc3cc(N(C4=CC=C(c5ccc6ccccc6c5)CC4)c4ccccc4)ccc3c21. The van der Waals surface area contributed by atoms with Crippen LogP contribution in [-0.2, 0) is 5.41 Å². The summed E-state index contributed by atoms with van der Waals surface area (Å²) in [7, 11) is 0. The number of allylic oxidation sites excluding steroid dienone is 4. The lowest BCUT2D eigenvalue weighted by Gasteiger charge is -2.30. The maximum absolute atomic E-state index is 2.44. The van der Waals surface area contributed by atoms with Gasteiger partial charge >= 0.3 is 0 Å². The molecule has 0 saturated heterocycles. The molecule has 1 heteroatoms. The van der Waals surface area contributed by atoms with Crippen molar-refractivity contribution in [2.24, 2.45) is 0 Å². The predicted molar refractivity (Wildman–Crippen MR) is 179 cm³/mol. The van der Waals surface area contributed by atoms with Gasteiger partial charge in [-0.05, 0) is 104 Å². The number of para-hydroxylation sites is 1. The Morgan fingerprint density at radius 1 is 0.548 bits per heavy atom. The monoisotopic (exact) mass is 539 g/mol. The first-order valence-corrected chi connectivity index (χ1v) is 15.0. The van der Waals surface area contributed by atoms with Crippen LogP contribution < -0.4 is 4.90 Å². The van der Waals surface area contributed by atoms with Crippen LogP contribution in [0.1, 0.15) is 43.4 Å². The summed E-state index contributed by atoms with van der Waals surface area (Å²) in [5, 5.41) is 5.22. The van der Waals surface area contributed by atoms with Gasteiger partial charge in [0.2, 0.25) is 0 Å². The molecule has 0 saturated carbocycles. The Hall–Kier alpha value is -4.88. The summed E-state index contributed by atoms with van der Waals surface area (Å²) in [6, 6.07) is 46.8. The number of benzene rings is 6. The van der Waals surface area contributed by atoms with Crippen molar-refractivity contribution >= 4 is 38.5 Å². The Morgan fingerprint density at radius 3 is 2.14 bits per heavy atom. The minimum absolute atomic E-state index is 0.0259. The van der Waals surface area contributed by atoms with E-state index in [9.17, 15) is 0 Å². The molecule has 1 nitrogen and oxygen atoms in total. The number of anilines is 2. The van der Waals surface area contributed by atoms with Crippen molar-refractivity contribution in [3.8, 4) is 11.1 Å². The molecule has 0 atom stereocenters. The standard InChI is InChI=1S/C41H33N/c1-41(2)39-15-9-8-14-37(39)38-24-20-32-27-35(23-25-36(32)40(38)41)42(33-12-4-3-5-13-33)34-21-18-29(19-22-34)31-17-16-28-10-6-7-11-30(28)26-31/h3-18,20-21,23-27H,19,22H2,1-2H3. The Bertz CT molecular complexity index is 2060. The number of hydrogen-bond acceptors (Lipinski definition) is 1. The van der Waals surface area contributed by atoms with E-state index in [1.807, 2.05) is 0 Å². The van der Waals surface area contributed by atoms with Gasteiger partial charge in [-0.25, -0.2) is 0 Å². The average Bonchev–Trinajstić information content (AvgIpc) is 3.28. The van der Waals surface area contributed by atoms with Crippen molar-refractivity contribution in [2.75, 3.05) is 4.90 Å². The molecule has 8 rings (SSSR count). The van der Waals surface area contributed by atoms with E-state index in [1.165, 1.54) is 72.0 Å². The lowest BCUT2D eigenvalue weighted by atomic mass is 9.80. The molecule has 0 heterocycles. The fourth-order valence-electron chi connectivity index (χ4n) is 7.25. The highest BCUT2D eigenvalue weighted by Crippen LogP contribution is 2.51. The molecule has 202 valence electrons. The van der Waals surface area contributed by atoms with Gasteiger partial charge in [0, 0.05) is 22.5 Å². The van der Waals surface area contributed by atoms with Crippen LogP contribution in [0.5, 0.6) is 0 Å². The maximum atomic E-state index is 2.44. The first-order chi connectivity index (χ1) is 20.6. The molecule has 42 heavy (non-hydrogen) atoms. The lowest BCUT2D eigenvalue weighted by Crippen LogP contribution is -2.18. The summed E-state index contributed by atoms with van der Waals surface area (Å²) in [4.78, 5) is 2.44. The van der Waals surface area contributed by atoms with Crippen LogP contribution >= 0.6 is 0 Å². The fraction of sp³-hybridized carbons (Fsp3) is 0.122. The Morgan fingerprint density at radius 2 is 1.31 bits per heavy atom. The molecule has 0 N–H and O–H groups in total. The quantitative estimate of drug-likeness (QED) is 0.215. The first kappa shape index (κ1) is 24.9. The molecule has 0 bridgehead atoms. The summed E-state index contributed by atoms with van der Waals surface area (Å²) in [6.07, 6.45) is 6.65. The fourth-order valence-corrected chi connectivity index (χ4v) is 7.25. The van der Waals surface area contributed by atoms with Gasteiger partial charge in [-0.2, -0.15) is 0 Å². The zero-order valence-corrected chi connectivity index (χ0v) is 24.1. The molecule has 0 aromatic heterocycles. The topological polar surface area (TPSA) is 3.24 Å². The Balaban J connectivity index is 1.21. The molecule has 6 aromatic carbocycles. The predicted octanol–water partition coefficient (Wildman–Crippen LogP) is 11.2. The van der Waals surface area contributed by atoms with Gasteiger partial charge in [0.25, 0.3) is 0 Å². The van der Waals surface area contributed by atoms with E-state index in [1.54, 1.807) is 0 Å². The van der Waals surface area contributed by atoms with Crippen LogP contribution in [0.15, 0.2) is 145 Å². The summed E-state index contributed by atoms with van der Waals surface area (Å²) < 4.78 is 0. The molecular formula is C41H33N. The van der Waals surface area contributed by atoms with E-state index in [-0.39, 0.29) is 5.41 Å². The summed E-state index contributed by atoms with van der Waals surface area (Å²) in [6.45, 7) is 4.74. The molecule has 6 aromatic rings. The highest BCUT2D eigenvalue weighted by molar-refractivity contribution is 5.99. The second-order valence-corrected chi connectivity index (χ2v) is 12.1. The van der Waals surface area contributed by atoms with Crippen LogP contribution in [0.4, 0.5) is 11.4 Å². The van der Waals surface area contributed by atoms with Gasteiger partial charge in [0.05, 0.1) is 0 Å². The minimum atomic E-state index is -0.0259. The molecule has 0 fully saturated rings. The number of hydrogen-bond donors (Lipinski definition) is 0. The molecule has 0 unspecified atom stereocenters. The third-order valence-electron chi connectivity index (χ3n) is 9.33. The first-order valence-electron chi connectivity index (χ1n) is 15.0. The van der Waals surface area contributed by atoms with Crippen molar-refractivity contribution in [1.82, 2.24) is 0 Å². The van der Waals surface area contributed by atoms with Gasteiger partial charge in [0.15, 0.2) is 0 Å². The molecule has 2 aliphatic carbocycles. The number of nitrogens with zero attached hydrogens (tertiary/aromatic N) is 1. The van der Waals surface area contributed by atoms with Crippen LogP contribution in [-0.4, -0.2) is 0 Å². The number of fused-ring (bicyclic) bond motifs is 6. The molecule has 2 aliphatic rings.